The van der Waals surface area contributed by atoms with Gasteiger partial charge in [-0.15, -0.1) is 0 Å². The molecule has 3 rings (SSSR count). The van der Waals surface area contributed by atoms with Gasteiger partial charge >= 0.3 is 107 Å². The minimum atomic E-state index is -1.42. The molecule has 2 unspecified atom stereocenters. The summed E-state index contributed by atoms with van der Waals surface area (Å²) in [5.41, 5.74) is 2.50. The number of nitrogens with zero attached hydrogens (tertiary/aromatic N) is 1. The second-order valence-electron chi connectivity index (χ2n) is 4.24. The van der Waals surface area contributed by atoms with Gasteiger partial charge in [0.25, 0.3) is 0 Å². The first-order valence-corrected chi connectivity index (χ1v) is 8.91. The van der Waals surface area contributed by atoms with Gasteiger partial charge in [-0.3, -0.25) is 0 Å². The summed E-state index contributed by atoms with van der Waals surface area (Å²) >= 11 is -1.42. The van der Waals surface area contributed by atoms with Crippen LogP contribution < -0.4 is 0 Å². The van der Waals surface area contributed by atoms with Crippen molar-refractivity contribution in [3.05, 3.63) is 46.5 Å². The van der Waals surface area contributed by atoms with E-state index in [1.807, 2.05) is 0 Å². The average molecular weight is 289 g/mol. The number of fused-ring (bicyclic) bond motifs is 1. The van der Waals surface area contributed by atoms with Gasteiger partial charge in [0.05, 0.1) is 0 Å². The van der Waals surface area contributed by atoms with Crippen molar-refractivity contribution in [2.24, 2.45) is 4.99 Å². The quantitative estimate of drug-likeness (QED) is 0.565. The molecular formula is C14H16AsNO. The molecule has 1 heterocycles. The van der Waals surface area contributed by atoms with Crippen LogP contribution in [0.4, 0.5) is 0 Å². The van der Waals surface area contributed by atoms with Crippen LogP contribution in [0.5, 0.6) is 0 Å². The van der Waals surface area contributed by atoms with Crippen LogP contribution in [0.25, 0.3) is 0 Å². The van der Waals surface area contributed by atoms with Crippen molar-refractivity contribution in [3.8, 4) is 0 Å². The van der Waals surface area contributed by atoms with Gasteiger partial charge in [0.15, 0.2) is 0 Å². The van der Waals surface area contributed by atoms with Crippen molar-refractivity contribution in [3.63, 3.8) is 0 Å². The third-order valence-corrected chi connectivity index (χ3v) is 8.29. The first kappa shape index (κ1) is 11.3. The molecule has 0 bridgehead atoms. The van der Waals surface area contributed by atoms with Gasteiger partial charge in [0.1, 0.15) is 0 Å². The Morgan fingerprint density at radius 1 is 1.35 bits per heavy atom. The van der Waals surface area contributed by atoms with E-state index in [1.165, 1.54) is 15.8 Å². The third-order valence-electron chi connectivity index (χ3n) is 3.15. The van der Waals surface area contributed by atoms with E-state index in [4.69, 9.17) is 8.72 Å². The van der Waals surface area contributed by atoms with Gasteiger partial charge in [0, 0.05) is 0 Å². The van der Waals surface area contributed by atoms with Gasteiger partial charge in [-0.1, -0.05) is 0 Å². The molecule has 3 heteroatoms. The van der Waals surface area contributed by atoms with Gasteiger partial charge in [-0.05, 0) is 0 Å². The van der Waals surface area contributed by atoms with Crippen molar-refractivity contribution < 1.29 is 3.73 Å². The summed E-state index contributed by atoms with van der Waals surface area (Å²) in [6, 6.07) is 0. The SMILES string of the molecule is CCO[As]1C2=C(CC=CC2)N=C2C=CC=CC21. The molecule has 3 aliphatic rings. The van der Waals surface area contributed by atoms with Crippen LogP contribution in [-0.2, 0) is 3.73 Å². The topological polar surface area (TPSA) is 21.6 Å². The molecule has 2 atom stereocenters. The van der Waals surface area contributed by atoms with E-state index in [-0.39, 0.29) is 0 Å². The number of hydrogen-bond donors (Lipinski definition) is 0. The second kappa shape index (κ2) is 4.79. The van der Waals surface area contributed by atoms with E-state index in [0.717, 1.165) is 19.4 Å². The molecule has 0 N–H and O–H groups in total. The summed E-state index contributed by atoms with van der Waals surface area (Å²) in [6.07, 6.45) is 15.2. The fourth-order valence-electron chi connectivity index (χ4n) is 2.40. The fourth-order valence-corrected chi connectivity index (χ4v) is 7.12. The van der Waals surface area contributed by atoms with Gasteiger partial charge in [-0.2, -0.15) is 0 Å². The molecule has 2 nitrogen and oxygen atoms in total. The van der Waals surface area contributed by atoms with Crippen LogP contribution in [-0.4, -0.2) is 27.3 Å². The molecule has 88 valence electrons. The van der Waals surface area contributed by atoms with E-state index in [2.05, 4.69) is 43.4 Å². The summed E-state index contributed by atoms with van der Waals surface area (Å²) in [5.74, 6) is 0. The Balaban J connectivity index is 2.00. The molecule has 0 spiro atoms. The van der Waals surface area contributed by atoms with Crippen LogP contribution in [0, 0.1) is 0 Å². The van der Waals surface area contributed by atoms with E-state index in [0.29, 0.717) is 4.71 Å². The fraction of sp³-hybridized carbons (Fsp3) is 0.357. The molecule has 0 amide bonds. The van der Waals surface area contributed by atoms with E-state index in [9.17, 15) is 0 Å². The first-order valence-electron chi connectivity index (χ1n) is 6.12. The summed E-state index contributed by atoms with van der Waals surface area (Å²) in [4.78, 5) is 4.82. The van der Waals surface area contributed by atoms with E-state index >= 15 is 0 Å². The summed E-state index contributed by atoms with van der Waals surface area (Å²) in [5, 5.41) is 0. The zero-order chi connectivity index (χ0) is 11.7. The maximum atomic E-state index is 6.11. The van der Waals surface area contributed by atoms with Crippen LogP contribution in [0.1, 0.15) is 19.8 Å². The minimum absolute atomic E-state index is 0.456. The summed E-state index contributed by atoms with van der Waals surface area (Å²) < 4.78 is 8.09. The molecule has 0 saturated carbocycles. The molecule has 17 heavy (non-hydrogen) atoms. The molecule has 0 aromatic carbocycles. The van der Waals surface area contributed by atoms with Crippen LogP contribution in [0.15, 0.2) is 51.5 Å². The van der Waals surface area contributed by atoms with E-state index < -0.39 is 15.0 Å². The first-order chi connectivity index (χ1) is 8.40. The standard InChI is InChI=1S/C14H16AsNO/c1-2-17-15-11-7-3-5-9-13(11)16-14-10-6-4-8-12(14)15/h3-7,9,11H,2,8,10H2,1H3. The number of aliphatic imine (C=N–C) groups is 1. The third kappa shape index (κ3) is 2.00. The normalized spacial score (nSPS) is 30.1. The predicted octanol–water partition coefficient (Wildman–Crippen LogP) is 3.11. The molecule has 0 aromatic heterocycles. The number of rotatable bonds is 2. The average Bonchev–Trinajstić information content (AvgIpc) is 2.39. The second-order valence-corrected chi connectivity index (χ2v) is 8.45. The van der Waals surface area contributed by atoms with E-state index in [1.54, 1.807) is 0 Å². The van der Waals surface area contributed by atoms with Crippen molar-refractivity contribution >= 4 is 20.7 Å². The molecule has 1 aliphatic heterocycles. The molecule has 2 aliphatic carbocycles. The van der Waals surface area contributed by atoms with Crippen molar-refractivity contribution in [2.75, 3.05) is 6.61 Å². The molecular weight excluding hydrogens is 273 g/mol. The van der Waals surface area contributed by atoms with Gasteiger partial charge in [0.2, 0.25) is 0 Å². The molecule has 0 saturated heterocycles. The van der Waals surface area contributed by atoms with Crippen LogP contribution in [0.2, 0.25) is 4.71 Å². The Labute approximate surface area is 107 Å². The maximum absolute atomic E-state index is 6.11. The van der Waals surface area contributed by atoms with Crippen molar-refractivity contribution in [1.29, 1.82) is 0 Å². The van der Waals surface area contributed by atoms with Gasteiger partial charge in [-0.25, -0.2) is 0 Å². The summed E-state index contributed by atoms with van der Waals surface area (Å²) in [7, 11) is 0. The monoisotopic (exact) mass is 289 g/mol. The zero-order valence-corrected chi connectivity index (χ0v) is 11.8. The Kier molecular flexibility index (Phi) is 3.17. The Morgan fingerprint density at radius 3 is 3.12 bits per heavy atom. The number of hydrogen-bond acceptors (Lipinski definition) is 2. The van der Waals surface area contributed by atoms with Crippen molar-refractivity contribution in [1.82, 2.24) is 0 Å². The van der Waals surface area contributed by atoms with Crippen molar-refractivity contribution in [2.45, 2.75) is 24.5 Å². The van der Waals surface area contributed by atoms with Gasteiger partial charge < -0.3 is 0 Å². The molecule has 0 aromatic rings. The van der Waals surface area contributed by atoms with Crippen LogP contribution in [0.3, 0.4) is 0 Å². The Morgan fingerprint density at radius 2 is 2.24 bits per heavy atom. The van der Waals surface area contributed by atoms with Crippen LogP contribution >= 0.6 is 0 Å². The predicted molar refractivity (Wildman–Crippen MR) is 72.2 cm³/mol. The number of allylic oxidation sites excluding steroid dienone is 7. The summed E-state index contributed by atoms with van der Waals surface area (Å²) in [6.45, 7) is 2.92. The zero-order valence-electron chi connectivity index (χ0n) is 9.97. The molecule has 0 radical (unpaired) electrons. The molecule has 0 fully saturated rings. The Hall–Kier alpha value is -0.852. The Bertz CT molecular complexity index is 471.